The summed E-state index contributed by atoms with van der Waals surface area (Å²) in [7, 11) is -3.76. The second kappa shape index (κ2) is 7.98. The number of nitrogens with one attached hydrogen (secondary N) is 1. The summed E-state index contributed by atoms with van der Waals surface area (Å²) in [5.74, 6) is -0.536. The van der Waals surface area contributed by atoms with Gasteiger partial charge in [-0.1, -0.05) is 42.5 Å². The first kappa shape index (κ1) is 23.2. The van der Waals surface area contributed by atoms with Crippen LogP contribution >= 0.6 is 0 Å². The topological polar surface area (TPSA) is 99.6 Å². The molecule has 1 aromatic heterocycles. The number of amides is 1. The highest BCUT2D eigenvalue weighted by Crippen LogP contribution is 2.48. The van der Waals surface area contributed by atoms with Crippen LogP contribution in [0.25, 0.3) is 10.8 Å². The molecule has 1 atom stereocenters. The fraction of sp³-hybridized carbons (Fsp3) is 0.185. The second-order valence-corrected chi connectivity index (χ2v) is 11.3. The summed E-state index contributed by atoms with van der Waals surface area (Å²) in [6, 6.07) is 20.3. The van der Waals surface area contributed by atoms with E-state index in [1.165, 1.54) is 29.2 Å². The Bertz CT molecular complexity index is 1550. The molecule has 1 amide bonds. The lowest BCUT2D eigenvalue weighted by Crippen LogP contribution is -2.41. The number of carbonyl (C=O) groups excluding carboxylic acids is 1. The lowest BCUT2D eigenvalue weighted by atomic mass is 9.87. The lowest BCUT2D eigenvalue weighted by molar-refractivity contribution is -0.131. The first-order valence-electron chi connectivity index (χ1n) is 11.2. The van der Waals surface area contributed by atoms with E-state index >= 15 is 0 Å². The monoisotopic (exact) mass is 487 g/mol. The minimum atomic E-state index is -3.76. The standard InChI is InChI=1S/C27H25N3O4S/c1-26(2,3)29-35(33,34)20-13-11-19(12-14-20)27(32)22-8-4-5-9-24(22)30(25(27)31)23-10-6-7-18-17-28-16-15-21(18)23/h4-17,29,32H,1-3H3. The number of benzene rings is 3. The quantitative estimate of drug-likeness (QED) is 0.449. The Morgan fingerprint density at radius 3 is 2.31 bits per heavy atom. The van der Waals surface area contributed by atoms with E-state index in [1.807, 2.05) is 30.3 Å². The van der Waals surface area contributed by atoms with Gasteiger partial charge in [-0.3, -0.25) is 14.7 Å². The third kappa shape index (κ3) is 3.80. The van der Waals surface area contributed by atoms with Crippen LogP contribution in [0.3, 0.4) is 0 Å². The summed E-state index contributed by atoms with van der Waals surface area (Å²) in [5.41, 5.74) is -0.716. The van der Waals surface area contributed by atoms with Crippen LogP contribution in [0.2, 0.25) is 0 Å². The zero-order valence-corrected chi connectivity index (χ0v) is 20.4. The molecule has 3 aromatic carbocycles. The molecule has 0 spiro atoms. The van der Waals surface area contributed by atoms with Crippen LogP contribution in [-0.2, 0) is 20.4 Å². The van der Waals surface area contributed by atoms with Gasteiger partial charge in [-0.2, -0.15) is 0 Å². The van der Waals surface area contributed by atoms with Crippen LogP contribution in [-0.4, -0.2) is 30.0 Å². The van der Waals surface area contributed by atoms with Crippen molar-refractivity contribution in [3.8, 4) is 0 Å². The molecule has 0 bridgehead atoms. The smallest absolute Gasteiger partial charge is 0.273 e. The largest absolute Gasteiger partial charge is 0.372 e. The van der Waals surface area contributed by atoms with E-state index < -0.39 is 27.1 Å². The van der Waals surface area contributed by atoms with Gasteiger partial charge in [-0.15, -0.1) is 0 Å². The van der Waals surface area contributed by atoms with Crippen LogP contribution in [0, 0.1) is 0 Å². The molecular formula is C27H25N3O4S. The molecule has 0 fully saturated rings. The minimum absolute atomic E-state index is 0.0527. The SMILES string of the molecule is CC(C)(C)NS(=O)(=O)c1ccc(C2(O)C(=O)N(c3cccc4cnccc34)c3ccccc32)cc1. The minimum Gasteiger partial charge on any atom is -0.372 e. The predicted molar refractivity (Wildman–Crippen MR) is 135 cm³/mol. The van der Waals surface area contributed by atoms with Gasteiger partial charge in [0.1, 0.15) is 0 Å². The number of aliphatic hydroxyl groups is 1. The molecule has 0 saturated carbocycles. The van der Waals surface area contributed by atoms with Gasteiger partial charge in [0.05, 0.1) is 16.3 Å². The maximum Gasteiger partial charge on any atom is 0.273 e. The van der Waals surface area contributed by atoms with Gasteiger partial charge < -0.3 is 5.11 Å². The number of anilines is 2. The number of carbonyl (C=O) groups is 1. The Morgan fingerprint density at radius 1 is 0.914 bits per heavy atom. The van der Waals surface area contributed by atoms with Crippen molar-refractivity contribution in [2.45, 2.75) is 36.8 Å². The number of sulfonamides is 1. The third-order valence-electron chi connectivity index (χ3n) is 5.97. The van der Waals surface area contributed by atoms with Crippen molar-refractivity contribution in [3.63, 3.8) is 0 Å². The van der Waals surface area contributed by atoms with Crippen molar-refractivity contribution in [2.75, 3.05) is 4.90 Å². The van der Waals surface area contributed by atoms with Gasteiger partial charge in [0.25, 0.3) is 5.91 Å². The molecule has 35 heavy (non-hydrogen) atoms. The molecule has 4 aromatic rings. The molecule has 1 aliphatic heterocycles. The zero-order chi connectivity index (χ0) is 25.0. The Morgan fingerprint density at radius 2 is 1.60 bits per heavy atom. The molecule has 1 aliphatic rings. The van der Waals surface area contributed by atoms with Gasteiger partial charge in [0.15, 0.2) is 5.60 Å². The highest BCUT2D eigenvalue weighted by atomic mass is 32.2. The van der Waals surface area contributed by atoms with E-state index in [2.05, 4.69) is 9.71 Å². The van der Waals surface area contributed by atoms with E-state index in [-0.39, 0.29) is 10.5 Å². The zero-order valence-electron chi connectivity index (χ0n) is 19.6. The fourth-order valence-corrected chi connectivity index (χ4v) is 5.94. The summed E-state index contributed by atoms with van der Waals surface area (Å²) in [6.07, 6.45) is 3.39. The van der Waals surface area contributed by atoms with Crippen LogP contribution in [0.5, 0.6) is 0 Å². The van der Waals surface area contributed by atoms with Crippen molar-refractivity contribution < 1.29 is 18.3 Å². The van der Waals surface area contributed by atoms with Crippen molar-refractivity contribution in [3.05, 3.63) is 96.3 Å². The number of hydrogen-bond acceptors (Lipinski definition) is 5. The molecule has 178 valence electrons. The first-order valence-corrected chi connectivity index (χ1v) is 12.6. The highest BCUT2D eigenvalue weighted by molar-refractivity contribution is 7.89. The van der Waals surface area contributed by atoms with Gasteiger partial charge >= 0.3 is 0 Å². The van der Waals surface area contributed by atoms with Gasteiger partial charge in [0, 0.05) is 34.3 Å². The lowest BCUT2D eigenvalue weighted by Gasteiger charge is -2.25. The maximum atomic E-state index is 13.9. The molecule has 8 heteroatoms. The molecule has 1 unspecified atom stereocenters. The molecule has 0 radical (unpaired) electrons. The molecule has 7 nitrogen and oxygen atoms in total. The number of fused-ring (bicyclic) bond motifs is 2. The normalized spacial score (nSPS) is 18.2. The highest BCUT2D eigenvalue weighted by Gasteiger charge is 2.51. The predicted octanol–water partition coefficient (Wildman–Crippen LogP) is 4.23. The summed E-state index contributed by atoms with van der Waals surface area (Å²) in [4.78, 5) is 19.7. The van der Waals surface area contributed by atoms with Gasteiger partial charge in [-0.25, -0.2) is 13.1 Å². The third-order valence-corrected chi connectivity index (χ3v) is 7.74. The first-order chi connectivity index (χ1) is 16.5. The summed E-state index contributed by atoms with van der Waals surface area (Å²) < 4.78 is 28.1. The summed E-state index contributed by atoms with van der Waals surface area (Å²) in [6.45, 7) is 5.27. The molecule has 0 aliphatic carbocycles. The average molecular weight is 488 g/mol. The number of rotatable bonds is 4. The Labute approximate surface area is 204 Å². The number of hydrogen-bond donors (Lipinski definition) is 2. The molecular weight excluding hydrogens is 462 g/mol. The van der Waals surface area contributed by atoms with Crippen LogP contribution < -0.4 is 9.62 Å². The van der Waals surface area contributed by atoms with Gasteiger partial charge in [0.2, 0.25) is 10.0 Å². The Balaban J connectivity index is 1.62. The van der Waals surface area contributed by atoms with Crippen molar-refractivity contribution >= 4 is 38.1 Å². The van der Waals surface area contributed by atoms with E-state index in [0.717, 1.165) is 10.8 Å². The fourth-order valence-electron chi connectivity index (χ4n) is 4.52. The van der Waals surface area contributed by atoms with Crippen LogP contribution in [0.15, 0.2) is 90.1 Å². The van der Waals surface area contributed by atoms with Crippen molar-refractivity contribution in [1.29, 1.82) is 0 Å². The molecule has 2 heterocycles. The second-order valence-electron chi connectivity index (χ2n) is 9.62. The Kier molecular flexibility index (Phi) is 5.28. The van der Waals surface area contributed by atoms with Crippen LogP contribution in [0.4, 0.5) is 11.4 Å². The van der Waals surface area contributed by atoms with E-state index in [9.17, 15) is 18.3 Å². The molecule has 0 saturated heterocycles. The van der Waals surface area contributed by atoms with Gasteiger partial charge in [-0.05, 0) is 56.7 Å². The number of aromatic nitrogens is 1. The molecule has 2 N–H and O–H groups in total. The average Bonchev–Trinajstić information content (AvgIpc) is 3.05. The van der Waals surface area contributed by atoms with Crippen molar-refractivity contribution in [2.24, 2.45) is 0 Å². The van der Waals surface area contributed by atoms with E-state index in [1.54, 1.807) is 51.4 Å². The summed E-state index contributed by atoms with van der Waals surface area (Å²) in [5, 5.41) is 13.6. The molecule has 5 rings (SSSR count). The number of nitrogens with zero attached hydrogens (tertiary/aromatic N) is 2. The number of pyridine rings is 1. The maximum absolute atomic E-state index is 13.9. The van der Waals surface area contributed by atoms with Crippen LogP contribution in [0.1, 0.15) is 31.9 Å². The Hall–Kier alpha value is -3.59. The number of para-hydroxylation sites is 1. The van der Waals surface area contributed by atoms with Crippen molar-refractivity contribution in [1.82, 2.24) is 9.71 Å². The van der Waals surface area contributed by atoms with E-state index in [0.29, 0.717) is 16.9 Å². The summed E-state index contributed by atoms with van der Waals surface area (Å²) >= 11 is 0. The van der Waals surface area contributed by atoms with E-state index in [4.69, 9.17) is 0 Å².